The van der Waals surface area contributed by atoms with Crippen LogP contribution in [0.1, 0.15) is 11.1 Å². The molecule has 0 aliphatic rings. The zero-order valence-corrected chi connectivity index (χ0v) is 24.0. The zero-order chi connectivity index (χ0) is 30.9. The largest absolute Gasteiger partial charge is 0.486 e. The van der Waals surface area contributed by atoms with Gasteiger partial charge in [-0.3, -0.25) is 4.79 Å². The van der Waals surface area contributed by atoms with E-state index in [1.54, 1.807) is 12.1 Å². The Hall–Kier alpha value is -4.73. The molecule has 1 aromatic heterocycles. The molecule has 226 valence electrons. The van der Waals surface area contributed by atoms with Crippen molar-refractivity contribution in [3.8, 4) is 17.0 Å². The van der Waals surface area contributed by atoms with Gasteiger partial charge in [-0.2, -0.15) is 13.2 Å². The van der Waals surface area contributed by atoms with Crippen molar-refractivity contribution in [2.75, 3.05) is 25.2 Å². The second kappa shape index (κ2) is 14.2. The van der Waals surface area contributed by atoms with Gasteiger partial charge in [-0.25, -0.2) is 4.98 Å². The summed E-state index contributed by atoms with van der Waals surface area (Å²) >= 11 is 0. The highest BCUT2D eigenvalue weighted by Gasteiger charge is 2.41. The number of anilines is 1. The number of amides is 1. The lowest BCUT2D eigenvalue weighted by Gasteiger charge is -2.20. The third-order valence-electron chi connectivity index (χ3n) is 6.89. The first-order chi connectivity index (χ1) is 21.3. The van der Waals surface area contributed by atoms with E-state index < -0.39 is 12.1 Å². The Kier molecular flexibility index (Phi) is 9.89. The molecule has 0 atom stereocenters. The molecule has 4 aromatic carbocycles. The fourth-order valence-electron chi connectivity index (χ4n) is 4.57. The van der Waals surface area contributed by atoms with Crippen molar-refractivity contribution in [3.63, 3.8) is 0 Å². The average molecular weight is 601 g/mol. The first-order valence-electron chi connectivity index (χ1n) is 14.0. The van der Waals surface area contributed by atoms with Crippen molar-refractivity contribution >= 4 is 22.5 Å². The van der Waals surface area contributed by atoms with Crippen molar-refractivity contribution < 1.29 is 32.2 Å². The smallest absolute Gasteiger partial charge is 0.471 e. The van der Waals surface area contributed by atoms with E-state index in [0.717, 1.165) is 23.6 Å². The monoisotopic (exact) mass is 600 g/mol. The van der Waals surface area contributed by atoms with Crippen LogP contribution in [-0.4, -0.2) is 43.4 Å². The van der Waals surface area contributed by atoms with Crippen LogP contribution in [0.4, 0.5) is 18.9 Å². The second-order valence-corrected chi connectivity index (χ2v) is 10.2. The molecule has 0 aliphatic heterocycles. The Morgan fingerprint density at radius 3 is 1.91 bits per heavy atom. The Balaban J connectivity index is 1.29. The Morgan fingerprint density at radius 1 is 0.773 bits per heavy atom. The van der Waals surface area contributed by atoms with Crippen molar-refractivity contribution in [3.05, 3.63) is 126 Å². The Bertz CT molecular complexity index is 1620. The molecule has 5 aromatic rings. The zero-order valence-electron chi connectivity index (χ0n) is 24.0. The van der Waals surface area contributed by atoms with Crippen LogP contribution in [0.15, 0.2) is 115 Å². The lowest BCUT2D eigenvalue weighted by molar-refractivity contribution is -0.170. The normalized spacial score (nSPS) is 11.6. The molecule has 0 aliphatic carbocycles. The van der Waals surface area contributed by atoms with Gasteiger partial charge in [0.2, 0.25) is 0 Å². The van der Waals surface area contributed by atoms with Gasteiger partial charge in [-0.15, -0.1) is 0 Å². The number of nitrogens with zero attached hydrogens (tertiary/aromatic N) is 2. The number of alkyl halides is 3. The number of carbonyl (C=O) groups is 1. The summed E-state index contributed by atoms with van der Waals surface area (Å²) in [7, 11) is 1.09. The summed E-state index contributed by atoms with van der Waals surface area (Å²) in [5.74, 6) is -1.34. The number of hydrogen-bond donors (Lipinski definition) is 0. The van der Waals surface area contributed by atoms with Gasteiger partial charge in [-0.05, 0) is 41.5 Å². The number of hydrogen-bond acceptors (Lipinski definition) is 5. The van der Waals surface area contributed by atoms with Crippen LogP contribution in [0.5, 0.6) is 5.75 Å². The molecule has 0 radical (unpaired) electrons. The van der Waals surface area contributed by atoms with E-state index in [1.807, 2.05) is 91.0 Å². The number of fused-ring (bicyclic) bond motifs is 1. The summed E-state index contributed by atoms with van der Waals surface area (Å²) in [6.45, 7) is 1.52. The molecule has 1 heterocycles. The fraction of sp³-hybridized carbons (Fsp3) is 0.200. The van der Waals surface area contributed by atoms with Crippen LogP contribution in [0.2, 0.25) is 0 Å². The van der Waals surface area contributed by atoms with Crippen LogP contribution in [-0.2, 0) is 27.5 Å². The van der Waals surface area contributed by atoms with Gasteiger partial charge in [-0.1, -0.05) is 78.9 Å². The van der Waals surface area contributed by atoms with E-state index in [-0.39, 0.29) is 11.8 Å². The molecular formula is C35H31F3N2O4. The van der Waals surface area contributed by atoms with Gasteiger partial charge < -0.3 is 19.1 Å². The maximum absolute atomic E-state index is 12.8. The molecule has 0 N–H and O–H groups in total. The molecule has 9 heteroatoms. The minimum absolute atomic E-state index is 0.127. The molecule has 0 fully saturated rings. The van der Waals surface area contributed by atoms with Gasteiger partial charge in [0, 0.05) is 29.8 Å². The predicted octanol–water partition coefficient (Wildman–Crippen LogP) is 7.61. The van der Waals surface area contributed by atoms with Crippen molar-refractivity contribution in [1.82, 2.24) is 4.98 Å². The lowest BCUT2D eigenvalue weighted by Crippen LogP contribution is -2.38. The maximum Gasteiger partial charge on any atom is 0.471 e. The minimum Gasteiger partial charge on any atom is -0.486 e. The average Bonchev–Trinajstić information content (AvgIpc) is 3.04. The van der Waals surface area contributed by atoms with Crippen LogP contribution < -0.4 is 9.64 Å². The first-order valence-corrected chi connectivity index (χ1v) is 14.0. The summed E-state index contributed by atoms with van der Waals surface area (Å²) in [6, 6.07) is 35.3. The number of rotatable bonds is 12. The molecule has 1 amide bonds. The third-order valence-corrected chi connectivity index (χ3v) is 6.89. The van der Waals surface area contributed by atoms with E-state index in [1.165, 1.54) is 12.1 Å². The number of halogens is 3. The molecule has 6 nitrogen and oxygen atoms in total. The lowest BCUT2D eigenvalue weighted by atomic mass is 10.1. The predicted molar refractivity (Wildman–Crippen MR) is 163 cm³/mol. The molecular weight excluding hydrogens is 569 g/mol. The van der Waals surface area contributed by atoms with Crippen LogP contribution in [0, 0.1) is 0 Å². The highest BCUT2D eigenvalue weighted by Crippen LogP contribution is 2.28. The summed E-state index contributed by atoms with van der Waals surface area (Å²) < 4.78 is 56.7. The Labute approximate surface area is 253 Å². The second-order valence-electron chi connectivity index (χ2n) is 10.2. The molecule has 0 saturated heterocycles. The molecule has 0 unspecified atom stereocenters. The van der Waals surface area contributed by atoms with Gasteiger partial charge in [0.15, 0.2) is 0 Å². The highest BCUT2D eigenvalue weighted by molar-refractivity contribution is 5.97. The van der Waals surface area contributed by atoms with E-state index >= 15 is 0 Å². The van der Waals surface area contributed by atoms with Crippen LogP contribution >= 0.6 is 0 Å². The van der Waals surface area contributed by atoms with E-state index in [2.05, 4.69) is 0 Å². The maximum atomic E-state index is 12.8. The SMILES string of the molecule is CN(C(=O)C(F)(F)F)c1ccc(-c2ccc3ccc(OC(COCc4ccccc4)COCc4ccccc4)cc3n2)cc1. The standard InChI is InChI=1S/C35H31F3N2O4/c1-40(34(41)35(36,37)38)29-16-12-27(13-17-29)32-19-15-28-14-18-30(20-33(28)39-32)44-31(23-42-21-25-8-4-2-5-9-25)24-43-22-26-10-6-3-7-11-26/h2-20,31H,21-24H2,1H3. The number of ether oxygens (including phenoxy) is 3. The van der Waals surface area contributed by atoms with Crippen molar-refractivity contribution in [1.29, 1.82) is 0 Å². The first kappa shape index (κ1) is 30.7. The minimum atomic E-state index is -4.95. The molecule has 0 saturated carbocycles. The van der Waals surface area contributed by atoms with E-state index in [0.29, 0.717) is 53.9 Å². The van der Waals surface area contributed by atoms with Crippen molar-refractivity contribution in [2.24, 2.45) is 0 Å². The van der Waals surface area contributed by atoms with Crippen molar-refractivity contribution in [2.45, 2.75) is 25.5 Å². The molecule has 5 rings (SSSR count). The number of benzene rings is 4. The Morgan fingerprint density at radius 2 is 1.34 bits per heavy atom. The highest BCUT2D eigenvalue weighted by atomic mass is 19.4. The number of pyridine rings is 1. The molecule has 44 heavy (non-hydrogen) atoms. The molecule has 0 bridgehead atoms. The third kappa shape index (κ3) is 8.21. The number of carbonyl (C=O) groups excluding carboxylic acids is 1. The van der Waals surface area contributed by atoms with Gasteiger partial charge in [0.1, 0.15) is 11.9 Å². The van der Waals surface area contributed by atoms with Gasteiger partial charge in [0.25, 0.3) is 0 Å². The van der Waals surface area contributed by atoms with Crippen LogP contribution in [0.25, 0.3) is 22.2 Å². The summed E-state index contributed by atoms with van der Waals surface area (Å²) in [4.78, 5) is 16.9. The van der Waals surface area contributed by atoms with Gasteiger partial charge >= 0.3 is 12.1 Å². The van der Waals surface area contributed by atoms with Crippen LogP contribution in [0.3, 0.4) is 0 Å². The van der Waals surface area contributed by atoms with Gasteiger partial charge in [0.05, 0.1) is 37.6 Å². The summed E-state index contributed by atoms with van der Waals surface area (Å²) in [5.41, 5.74) is 4.25. The fourth-order valence-corrected chi connectivity index (χ4v) is 4.57. The summed E-state index contributed by atoms with van der Waals surface area (Å²) in [5, 5.41) is 0.894. The van der Waals surface area contributed by atoms with E-state index in [4.69, 9.17) is 19.2 Å². The summed E-state index contributed by atoms with van der Waals surface area (Å²) in [6.07, 6.45) is -5.33. The molecule has 0 spiro atoms. The quantitative estimate of drug-likeness (QED) is 0.148. The van der Waals surface area contributed by atoms with E-state index in [9.17, 15) is 18.0 Å². The number of aromatic nitrogens is 1. The topological polar surface area (TPSA) is 60.9 Å².